The Bertz CT molecular complexity index is 687. The van der Waals surface area contributed by atoms with E-state index in [-0.39, 0.29) is 12.5 Å². The fourth-order valence-electron chi connectivity index (χ4n) is 1.77. The molecule has 2 N–H and O–H groups in total. The highest BCUT2D eigenvalue weighted by Gasteiger charge is 2.07. The van der Waals surface area contributed by atoms with E-state index < -0.39 is 0 Å². The van der Waals surface area contributed by atoms with Crippen LogP contribution in [0.2, 0.25) is 5.02 Å². The highest BCUT2D eigenvalue weighted by molar-refractivity contribution is 6.32. The van der Waals surface area contributed by atoms with E-state index in [1.54, 1.807) is 18.2 Å². The lowest BCUT2D eigenvalue weighted by molar-refractivity contribution is 0.0951. The minimum atomic E-state index is -0.227. The van der Waals surface area contributed by atoms with Gasteiger partial charge in [0.15, 0.2) is 0 Å². The predicted octanol–water partition coefficient (Wildman–Crippen LogP) is 2.61. The Balaban J connectivity index is 2.04. The number of carbonyl (C=O) groups excluding carboxylic acids is 1. The summed E-state index contributed by atoms with van der Waals surface area (Å²) >= 11 is 6.06. The van der Waals surface area contributed by atoms with Crippen molar-refractivity contribution in [1.29, 1.82) is 0 Å². The molecule has 2 aromatic carbocycles. The molecule has 0 saturated heterocycles. The molecule has 0 spiro atoms. The molecule has 4 heteroatoms. The SMILES string of the molecule is O=C(NCc1ccccc1)c1ccc(C#CCO)c(Cl)c1. The van der Waals surface area contributed by atoms with E-state index >= 15 is 0 Å². The van der Waals surface area contributed by atoms with Crippen LogP contribution in [-0.2, 0) is 6.54 Å². The Morgan fingerprint density at radius 1 is 1.19 bits per heavy atom. The Kier molecular flexibility index (Phi) is 5.39. The van der Waals surface area contributed by atoms with Gasteiger partial charge in [0, 0.05) is 17.7 Å². The number of hydrogen-bond acceptors (Lipinski definition) is 2. The van der Waals surface area contributed by atoms with Gasteiger partial charge in [0.2, 0.25) is 0 Å². The van der Waals surface area contributed by atoms with Crippen molar-refractivity contribution >= 4 is 17.5 Å². The van der Waals surface area contributed by atoms with E-state index in [0.717, 1.165) is 5.56 Å². The standard InChI is InChI=1S/C17H14ClNO2/c18-16-11-15(9-8-14(16)7-4-10-20)17(21)19-12-13-5-2-1-3-6-13/h1-3,5-6,8-9,11,20H,10,12H2,(H,19,21). The smallest absolute Gasteiger partial charge is 0.251 e. The third kappa shape index (κ3) is 4.35. The van der Waals surface area contributed by atoms with Crippen LogP contribution < -0.4 is 5.32 Å². The van der Waals surface area contributed by atoms with E-state index in [4.69, 9.17) is 16.7 Å². The zero-order chi connectivity index (χ0) is 15.1. The molecule has 0 saturated carbocycles. The highest BCUT2D eigenvalue weighted by atomic mass is 35.5. The van der Waals surface area contributed by atoms with Crippen molar-refractivity contribution < 1.29 is 9.90 Å². The van der Waals surface area contributed by atoms with E-state index in [0.29, 0.717) is 22.7 Å². The molecule has 3 nitrogen and oxygen atoms in total. The summed E-state index contributed by atoms with van der Waals surface area (Å²) in [5, 5.41) is 11.9. The van der Waals surface area contributed by atoms with Crippen LogP contribution in [0.3, 0.4) is 0 Å². The lowest BCUT2D eigenvalue weighted by Gasteiger charge is -2.06. The van der Waals surface area contributed by atoms with Gasteiger partial charge in [-0.1, -0.05) is 53.8 Å². The average molecular weight is 300 g/mol. The molecular formula is C17H14ClNO2. The summed E-state index contributed by atoms with van der Waals surface area (Å²) in [6.45, 7) is 0.235. The number of aliphatic hydroxyl groups excluding tert-OH is 1. The second kappa shape index (κ2) is 7.49. The molecule has 0 atom stereocenters. The molecule has 1 amide bonds. The van der Waals surface area contributed by atoms with Crippen LogP contribution in [0.25, 0.3) is 0 Å². The van der Waals surface area contributed by atoms with Crippen molar-refractivity contribution in [1.82, 2.24) is 5.32 Å². The zero-order valence-electron chi connectivity index (χ0n) is 11.3. The molecule has 21 heavy (non-hydrogen) atoms. The summed E-state index contributed by atoms with van der Waals surface area (Å²) in [4.78, 5) is 12.0. The van der Waals surface area contributed by atoms with Gasteiger partial charge < -0.3 is 10.4 Å². The molecule has 0 heterocycles. The summed E-state index contributed by atoms with van der Waals surface area (Å²) in [6.07, 6.45) is 0. The molecular weight excluding hydrogens is 286 g/mol. The van der Waals surface area contributed by atoms with Gasteiger partial charge in [0.05, 0.1) is 5.02 Å². The zero-order valence-corrected chi connectivity index (χ0v) is 12.0. The number of nitrogens with one attached hydrogen (secondary N) is 1. The maximum absolute atomic E-state index is 12.0. The van der Waals surface area contributed by atoms with E-state index in [9.17, 15) is 4.79 Å². The Hall–Kier alpha value is -2.28. The van der Waals surface area contributed by atoms with Crippen LogP contribution >= 0.6 is 11.6 Å². The van der Waals surface area contributed by atoms with Gasteiger partial charge in [-0.05, 0) is 23.8 Å². The van der Waals surface area contributed by atoms with Gasteiger partial charge in [0.1, 0.15) is 6.61 Å². The van der Waals surface area contributed by atoms with Crippen LogP contribution in [0.15, 0.2) is 48.5 Å². The largest absolute Gasteiger partial charge is 0.384 e. The Morgan fingerprint density at radius 2 is 1.95 bits per heavy atom. The quantitative estimate of drug-likeness (QED) is 0.856. The normalized spacial score (nSPS) is 9.62. The topological polar surface area (TPSA) is 49.3 Å². The minimum absolute atomic E-state index is 0.192. The monoisotopic (exact) mass is 299 g/mol. The number of hydrogen-bond donors (Lipinski definition) is 2. The Labute approximate surface area is 128 Å². The third-order valence-corrected chi connectivity index (χ3v) is 3.14. The second-order valence-corrected chi connectivity index (χ2v) is 4.73. The molecule has 0 radical (unpaired) electrons. The van der Waals surface area contributed by atoms with Gasteiger partial charge in [0.25, 0.3) is 5.91 Å². The van der Waals surface area contributed by atoms with E-state index in [2.05, 4.69) is 17.2 Å². The third-order valence-electron chi connectivity index (χ3n) is 2.83. The summed E-state index contributed by atoms with van der Waals surface area (Å²) < 4.78 is 0. The first-order valence-corrected chi connectivity index (χ1v) is 6.80. The van der Waals surface area contributed by atoms with Crippen molar-refractivity contribution in [3.8, 4) is 11.8 Å². The summed E-state index contributed by atoms with van der Waals surface area (Å²) in [5.41, 5.74) is 2.10. The second-order valence-electron chi connectivity index (χ2n) is 4.32. The van der Waals surface area contributed by atoms with Gasteiger partial charge in [-0.2, -0.15) is 0 Å². The van der Waals surface area contributed by atoms with E-state index in [1.165, 1.54) is 0 Å². The predicted molar refractivity (Wildman–Crippen MR) is 83.0 cm³/mol. The molecule has 0 aliphatic heterocycles. The number of carbonyl (C=O) groups is 1. The summed E-state index contributed by atoms with van der Waals surface area (Å²) in [5.74, 6) is 5.05. The molecule has 0 aliphatic carbocycles. The van der Waals surface area contributed by atoms with Gasteiger partial charge in [-0.25, -0.2) is 0 Å². The molecule has 0 fully saturated rings. The van der Waals surface area contributed by atoms with Crippen molar-refractivity contribution in [2.75, 3.05) is 6.61 Å². The molecule has 106 valence electrons. The number of rotatable bonds is 3. The van der Waals surface area contributed by atoms with Crippen LogP contribution in [0, 0.1) is 11.8 Å². The molecule has 0 unspecified atom stereocenters. The van der Waals surface area contributed by atoms with Gasteiger partial charge >= 0.3 is 0 Å². The first kappa shape index (κ1) is 15.1. The lowest BCUT2D eigenvalue weighted by atomic mass is 10.1. The number of benzene rings is 2. The average Bonchev–Trinajstić information content (AvgIpc) is 2.52. The molecule has 0 bridgehead atoms. The molecule has 0 aromatic heterocycles. The first-order chi connectivity index (χ1) is 10.2. The van der Waals surface area contributed by atoms with Crippen molar-refractivity contribution in [2.45, 2.75) is 6.54 Å². The van der Waals surface area contributed by atoms with Gasteiger partial charge in [-0.3, -0.25) is 4.79 Å². The van der Waals surface area contributed by atoms with E-state index in [1.807, 2.05) is 30.3 Å². The minimum Gasteiger partial charge on any atom is -0.384 e. The molecule has 0 aliphatic rings. The van der Waals surface area contributed by atoms with Crippen molar-refractivity contribution in [3.63, 3.8) is 0 Å². The van der Waals surface area contributed by atoms with Crippen molar-refractivity contribution in [2.24, 2.45) is 0 Å². The fraction of sp³-hybridized carbons (Fsp3) is 0.118. The number of halogens is 1. The summed E-state index contributed by atoms with van der Waals surface area (Å²) in [6, 6.07) is 14.6. The molecule has 2 aromatic rings. The van der Waals surface area contributed by atoms with Crippen LogP contribution in [-0.4, -0.2) is 17.6 Å². The van der Waals surface area contributed by atoms with Crippen molar-refractivity contribution in [3.05, 3.63) is 70.2 Å². The lowest BCUT2D eigenvalue weighted by Crippen LogP contribution is -2.22. The Morgan fingerprint density at radius 3 is 2.62 bits per heavy atom. The fourth-order valence-corrected chi connectivity index (χ4v) is 2.00. The van der Waals surface area contributed by atoms with Gasteiger partial charge in [-0.15, -0.1) is 0 Å². The highest BCUT2D eigenvalue weighted by Crippen LogP contribution is 2.17. The summed E-state index contributed by atoms with van der Waals surface area (Å²) in [7, 11) is 0. The maximum atomic E-state index is 12.0. The number of aliphatic hydroxyl groups is 1. The number of amides is 1. The molecule has 2 rings (SSSR count). The van der Waals surface area contributed by atoms with Crippen LogP contribution in [0.5, 0.6) is 0 Å². The van der Waals surface area contributed by atoms with Crippen LogP contribution in [0.1, 0.15) is 21.5 Å². The first-order valence-electron chi connectivity index (χ1n) is 6.42. The maximum Gasteiger partial charge on any atom is 0.251 e. The van der Waals surface area contributed by atoms with Crippen LogP contribution in [0.4, 0.5) is 0 Å².